The smallest absolute Gasteiger partial charge is 0.269 e. The highest BCUT2D eigenvalue weighted by atomic mass is 16.6. The number of nitro benzene ring substituents is 1. The van der Waals surface area contributed by atoms with Crippen LogP contribution in [0, 0.1) is 10.1 Å². The minimum absolute atomic E-state index is 0.0558. The summed E-state index contributed by atoms with van der Waals surface area (Å²) in [5.41, 5.74) is 1.58. The van der Waals surface area contributed by atoms with Crippen LogP contribution in [-0.2, 0) is 4.79 Å². The Kier molecular flexibility index (Phi) is 6.76. The summed E-state index contributed by atoms with van der Waals surface area (Å²) in [6, 6.07) is 13.4. The first-order valence-electron chi connectivity index (χ1n) is 8.09. The molecule has 0 fully saturated rings. The quantitative estimate of drug-likeness (QED) is 0.410. The van der Waals surface area contributed by atoms with E-state index in [4.69, 9.17) is 4.74 Å². The van der Waals surface area contributed by atoms with E-state index in [1.165, 1.54) is 12.1 Å². The maximum atomic E-state index is 11.9. The number of nitro groups is 1. The minimum atomic E-state index is -0.435. The Labute approximate surface area is 146 Å². The van der Waals surface area contributed by atoms with Crippen LogP contribution in [0.2, 0.25) is 0 Å². The van der Waals surface area contributed by atoms with Crippen molar-refractivity contribution < 1.29 is 14.5 Å². The Balaban J connectivity index is 1.68. The Morgan fingerprint density at radius 3 is 2.32 bits per heavy atom. The van der Waals surface area contributed by atoms with Crippen LogP contribution in [0.4, 0.5) is 17.1 Å². The molecule has 2 rings (SSSR count). The van der Waals surface area contributed by atoms with E-state index in [1.807, 2.05) is 19.1 Å². The van der Waals surface area contributed by atoms with E-state index in [-0.39, 0.29) is 11.6 Å². The lowest BCUT2D eigenvalue weighted by Crippen LogP contribution is -2.13. The molecule has 0 atom stereocenters. The van der Waals surface area contributed by atoms with Gasteiger partial charge >= 0.3 is 0 Å². The van der Waals surface area contributed by atoms with Gasteiger partial charge < -0.3 is 15.4 Å². The van der Waals surface area contributed by atoms with E-state index < -0.39 is 4.92 Å². The standard InChI is InChI=1S/C18H21N3O4/c1-2-25-17-11-7-15(8-12-17)20-18(22)4-3-13-19-14-5-9-16(10-6-14)21(23)24/h5-12,19H,2-4,13H2,1H3,(H,20,22). The number of hydrogen-bond donors (Lipinski definition) is 2. The highest BCUT2D eigenvalue weighted by Crippen LogP contribution is 2.17. The first-order valence-corrected chi connectivity index (χ1v) is 8.09. The average molecular weight is 343 g/mol. The number of nitrogens with one attached hydrogen (secondary N) is 2. The molecule has 0 aliphatic heterocycles. The molecule has 2 aromatic carbocycles. The lowest BCUT2D eigenvalue weighted by atomic mass is 10.2. The number of nitrogens with zero attached hydrogens (tertiary/aromatic N) is 1. The van der Waals surface area contributed by atoms with Crippen molar-refractivity contribution in [1.29, 1.82) is 0 Å². The number of benzene rings is 2. The van der Waals surface area contributed by atoms with Crippen LogP contribution in [-0.4, -0.2) is 24.0 Å². The minimum Gasteiger partial charge on any atom is -0.494 e. The number of hydrogen-bond acceptors (Lipinski definition) is 5. The number of carbonyl (C=O) groups excluding carboxylic acids is 1. The first kappa shape index (κ1) is 18.3. The van der Waals surface area contributed by atoms with Gasteiger partial charge in [0.1, 0.15) is 5.75 Å². The van der Waals surface area contributed by atoms with Gasteiger partial charge in [0, 0.05) is 36.5 Å². The van der Waals surface area contributed by atoms with Crippen molar-refractivity contribution in [2.45, 2.75) is 19.8 Å². The van der Waals surface area contributed by atoms with Crippen molar-refractivity contribution in [3.05, 3.63) is 58.6 Å². The van der Waals surface area contributed by atoms with Gasteiger partial charge in [-0.3, -0.25) is 14.9 Å². The SMILES string of the molecule is CCOc1ccc(NC(=O)CCCNc2ccc([N+](=O)[O-])cc2)cc1. The lowest BCUT2D eigenvalue weighted by molar-refractivity contribution is -0.384. The molecule has 0 saturated carbocycles. The van der Waals surface area contributed by atoms with Crippen molar-refractivity contribution in [3.63, 3.8) is 0 Å². The molecule has 2 aromatic rings. The molecular formula is C18H21N3O4. The van der Waals surface area contributed by atoms with Gasteiger partial charge in [-0.25, -0.2) is 0 Å². The first-order chi connectivity index (χ1) is 12.1. The molecule has 7 nitrogen and oxygen atoms in total. The second kappa shape index (κ2) is 9.27. The molecule has 0 aliphatic carbocycles. The highest BCUT2D eigenvalue weighted by Gasteiger charge is 2.05. The zero-order valence-electron chi connectivity index (χ0n) is 14.0. The van der Waals surface area contributed by atoms with Crippen molar-refractivity contribution in [3.8, 4) is 5.75 Å². The summed E-state index contributed by atoms with van der Waals surface area (Å²) >= 11 is 0. The third-order valence-electron chi connectivity index (χ3n) is 3.44. The van der Waals surface area contributed by atoms with E-state index in [0.717, 1.165) is 17.1 Å². The Bertz CT molecular complexity index is 699. The predicted octanol–water partition coefficient (Wildman–Crippen LogP) is 3.82. The number of anilines is 2. The van der Waals surface area contributed by atoms with E-state index in [2.05, 4.69) is 10.6 Å². The Morgan fingerprint density at radius 2 is 1.72 bits per heavy atom. The van der Waals surface area contributed by atoms with Crippen molar-refractivity contribution in [2.24, 2.45) is 0 Å². The molecule has 25 heavy (non-hydrogen) atoms. The number of amides is 1. The fourth-order valence-electron chi connectivity index (χ4n) is 2.21. The number of ether oxygens (including phenoxy) is 1. The number of carbonyl (C=O) groups is 1. The number of non-ortho nitro benzene ring substituents is 1. The normalized spacial score (nSPS) is 10.1. The van der Waals surface area contributed by atoms with Crippen molar-refractivity contribution in [2.75, 3.05) is 23.8 Å². The molecular weight excluding hydrogens is 322 g/mol. The Hall–Kier alpha value is -3.09. The maximum absolute atomic E-state index is 11.9. The summed E-state index contributed by atoms with van der Waals surface area (Å²) < 4.78 is 5.35. The Morgan fingerprint density at radius 1 is 1.08 bits per heavy atom. The average Bonchev–Trinajstić information content (AvgIpc) is 2.61. The fourth-order valence-corrected chi connectivity index (χ4v) is 2.21. The van der Waals surface area contributed by atoms with Gasteiger partial charge in [0.15, 0.2) is 0 Å². The molecule has 132 valence electrons. The second-order valence-corrected chi connectivity index (χ2v) is 5.34. The van der Waals surface area contributed by atoms with Gasteiger partial charge in [-0.1, -0.05) is 0 Å². The van der Waals surface area contributed by atoms with Crippen LogP contribution in [0.1, 0.15) is 19.8 Å². The number of rotatable bonds is 9. The summed E-state index contributed by atoms with van der Waals surface area (Å²) in [5.74, 6) is 0.711. The van der Waals surface area contributed by atoms with Crippen LogP contribution < -0.4 is 15.4 Å². The van der Waals surface area contributed by atoms with Gasteiger partial charge in [0.05, 0.1) is 11.5 Å². The molecule has 7 heteroatoms. The summed E-state index contributed by atoms with van der Waals surface area (Å²) in [7, 11) is 0. The lowest BCUT2D eigenvalue weighted by Gasteiger charge is -2.08. The van der Waals surface area contributed by atoms with Crippen molar-refractivity contribution >= 4 is 23.0 Å². The van der Waals surface area contributed by atoms with Gasteiger partial charge in [0.25, 0.3) is 5.69 Å². The summed E-state index contributed by atoms with van der Waals surface area (Å²) in [5, 5.41) is 16.5. The van der Waals surface area contributed by atoms with Gasteiger partial charge in [-0.2, -0.15) is 0 Å². The summed E-state index contributed by atoms with van der Waals surface area (Å²) in [4.78, 5) is 22.1. The molecule has 0 bridgehead atoms. The van der Waals surface area contributed by atoms with Gasteiger partial charge in [-0.15, -0.1) is 0 Å². The highest BCUT2D eigenvalue weighted by molar-refractivity contribution is 5.90. The molecule has 1 amide bonds. The van der Waals surface area contributed by atoms with Crippen LogP contribution in [0.5, 0.6) is 5.75 Å². The monoisotopic (exact) mass is 343 g/mol. The molecule has 2 N–H and O–H groups in total. The maximum Gasteiger partial charge on any atom is 0.269 e. The third kappa shape index (κ3) is 6.14. The van der Waals surface area contributed by atoms with Crippen LogP contribution in [0.15, 0.2) is 48.5 Å². The van der Waals surface area contributed by atoms with Gasteiger partial charge in [-0.05, 0) is 49.7 Å². The molecule has 0 heterocycles. The summed E-state index contributed by atoms with van der Waals surface area (Å²) in [6.45, 7) is 3.13. The predicted molar refractivity (Wildman–Crippen MR) is 97.1 cm³/mol. The molecule has 0 spiro atoms. The van der Waals surface area contributed by atoms with Crippen LogP contribution >= 0.6 is 0 Å². The zero-order chi connectivity index (χ0) is 18.1. The zero-order valence-corrected chi connectivity index (χ0v) is 14.0. The van der Waals surface area contributed by atoms with E-state index >= 15 is 0 Å². The summed E-state index contributed by atoms with van der Waals surface area (Å²) in [6.07, 6.45) is 1.03. The van der Waals surface area contributed by atoms with Crippen LogP contribution in [0.25, 0.3) is 0 Å². The molecule has 0 aromatic heterocycles. The molecule has 0 aliphatic rings. The molecule has 0 unspecified atom stereocenters. The third-order valence-corrected chi connectivity index (χ3v) is 3.44. The van der Waals surface area contributed by atoms with Gasteiger partial charge in [0.2, 0.25) is 5.91 Å². The van der Waals surface area contributed by atoms with E-state index in [0.29, 0.717) is 26.0 Å². The topological polar surface area (TPSA) is 93.5 Å². The van der Waals surface area contributed by atoms with E-state index in [1.54, 1.807) is 24.3 Å². The second-order valence-electron chi connectivity index (χ2n) is 5.34. The molecule has 0 saturated heterocycles. The van der Waals surface area contributed by atoms with Crippen LogP contribution in [0.3, 0.4) is 0 Å². The fraction of sp³-hybridized carbons (Fsp3) is 0.278. The van der Waals surface area contributed by atoms with Crippen molar-refractivity contribution in [1.82, 2.24) is 0 Å². The van der Waals surface area contributed by atoms with E-state index in [9.17, 15) is 14.9 Å². The molecule has 0 radical (unpaired) electrons. The largest absolute Gasteiger partial charge is 0.494 e.